The first-order chi connectivity index (χ1) is 15.0. The third-order valence-electron chi connectivity index (χ3n) is 4.94. The van der Waals surface area contributed by atoms with Crippen LogP contribution in [-0.2, 0) is 4.79 Å². The van der Waals surface area contributed by atoms with Crippen LogP contribution in [0.1, 0.15) is 0 Å². The van der Waals surface area contributed by atoms with Crippen LogP contribution in [-0.4, -0.2) is 33.6 Å². The fourth-order valence-electron chi connectivity index (χ4n) is 3.41. The molecule has 1 amide bonds. The summed E-state index contributed by atoms with van der Waals surface area (Å²) in [7, 11) is 0. The number of azo groups is 1. The molecule has 5 rings (SSSR count). The monoisotopic (exact) mass is 418 g/mol. The van der Waals surface area contributed by atoms with Gasteiger partial charge in [-0.15, -0.1) is 10.2 Å². The molecule has 1 unspecified atom stereocenters. The van der Waals surface area contributed by atoms with Gasteiger partial charge >= 0.3 is 5.91 Å². The number of nitrogens with zero attached hydrogens (tertiary/aromatic N) is 3. The number of aromatic amines is 1. The standard InChI is InChI=1S/C21H14N4O6/c26-20(18-10-30-16-7-11-3-1-2-4-12(11)8-17(16)31-18)24-23-19-14-9-13(25(28)29)5-6-15(14)22-21(19)27/h1-9,18,22,27H,10H2. The van der Waals surface area contributed by atoms with E-state index in [-0.39, 0.29) is 29.2 Å². The summed E-state index contributed by atoms with van der Waals surface area (Å²) in [6, 6.07) is 15.3. The van der Waals surface area contributed by atoms with Crippen LogP contribution in [0, 0.1) is 10.1 Å². The molecule has 1 aliphatic rings. The number of nitro groups is 1. The Morgan fingerprint density at radius 3 is 2.61 bits per heavy atom. The first-order valence-corrected chi connectivity index (χ1v) is 9.26. The molecular formula is C21H14N4O6. The summed E-state index contributed by atoms with van der Waals surface area (Å²) in [6.45, 7) is -0.0471. The zero-order chi connectivity index (χ0) is 21.5. The van der Waals surface area contributed by atoms with Crippen molar-refractivity contribution < 1.29 is 24.3 Å². The van der Waals surface area contributed by atoms with Crippen molar-refractivity contribution in [2.75, 3.05) is 6.61 Å². The van der Waals surface area contributed by atoms with E-state index >= 15 is 0 Å². The van der Waals surface area contributed by atoms with Gasteiger partial charge in [0.1, 0.15) is 6.61 Å². The summed E-state index contributed by atoms with van der Waals surface area (Å²) in [5, 5.41) is 30.7. The number of nitro benzene ring substituents is 1. The number of rotatable bonds is 3. The fourth-order valence-corrected chi connectivity index (χ4v) is 3.41. The number of carbonyl (C=O) groups excluding carboxylic acids is 1. The highest BCUT2D eigenvalue weighted by Gasteiger charge is 2.28. The molecule has 0 aliphatic carbocycles. The van der Waals surface area contributed by atoms with Crippen molar-refractivity contribution in [1.29, 1.82) is 0 Å². The molecule has 154 valence electrons. The van der Waals surface area contributed by atoms with Crippen LogP contribution in [0.4, 0.5) is 11.4 Å². The molecule has 4 aromatic rings. The van der Waals surface area contributed by atoms with E-state index in [0.717, 1.165) is 10.8 Å². The first-order valence-electron chi connectivity index (χ1n) is 9.26. The summed E-state index contributed by atoms with van der Waals surface area (Å²) in [5.74, 6) is -0.118. The molecule has 0 fully saturated rings. The lowest BCUT2D eigenvalue weighted by Crippen LogP contribution is -2.35. The molecule has 10 heteroatoms. The van der Waals surface area contributed by atoms with Gasteiger partial charge in [0.15, 0.2) is 17.2 Å². The topological polar surface area (TPSA) is 139 Å². The van der Waals surface area contributed by atoms with Gasteiger partial charge < -0.3 is 19.6 Å². The van der Waals surface area contributed by atoms with E-state index in [1.807, 2.05) is 30.3 Å². The molecule has 0 bridgehead atoms. The summed E-state index contributed by atoms with van der Waals surface area (Å²) >= 11 is 0. The second-order valence-electron chi connectivity index (χ2n) is 6.91. The third kappa shape index (κ3) is 3.29. The number of non-ortho nitro benzene ring substituents is 1. The van der Waals surface area contributed by atoms with Crippen molar-refractivity contribution in [2.24, 2.45) is 10.2 Å². The van der Waals surface area contributed by atoms with Gasteiger partial charge in [0, 0.05) is 17.5 Å². The van der Waals surface area contributed by atoms with Gasteiger partial charge in [0.2, 0.25) is 12.0 Å². The number of hydrogen-bond acceptors (Lipinski definition) is 7. The van der Waals surface area contributed by atoms with E-state index in [1.54, 1.807) is 6.07 Å². The van der Waals surface area contributed by atoms with Crippen molar-refractivity contribution in [1.82, 2.24) is 4.98 Å². The van der Waals surface area contributed by atoms with Gasteiger partial charge in [-0.2, -0.15) is 0 Å². The van der Waals surface area contributed by atoms with Crippen molar-refractivity contribution in [3.8, 4) is 17.4 Å². The highest BCUT2D eigenvalue weighted by atomic mass is 16.6. The minimum atomic E-state index is -1.01. The molecule has 0 radical (unpaired) electrons. The predicted molar refractivity (Wildman–Crippen MR) is 110 cm³/mol. The van der Waals surface area contributed by atoms with Crippen LogP contribution in [0.25, 0.3) is 21.7 Å². The normalized spacial score (nSPS) is 15.5. The van der Waals surface area contributed by atoms with Crippen LogP contribution in [0.15, 0.2) is 64.8 Å². The van der Waals surface area contributed by atoms with Crippen molar-refractivity contribution in [3.63, 3.8) is 0 Å². The van der Waals surface area contributed by atoms with Crippen molar-refractivity contribution in [2.45, 2.75) is 6.10 Å². The Morgan fingerprint density at radius 2 is 1.87 bits per heavy atom. The first kappa shape index (κ1) is 18.6. The lowest BCUT2D eigenvalue weighted by molar-refractivity contribution is -0.384. The Bertz CT molecular complexity index is 1390. The minimum Gasteiger partial charge on any atom is -0.493 e. The van der Waals surface area contributed by atoms with Crippen LogP contribution in [0.2, 0.25) is 0 Å². The minimum absolute atomic E-state index is 0.0471. The van der Waals surface area contributed by atoms with E-state index in [2.05, 4.69) is 15.2 Å². The van der Waals surface area contributed by atoms with Crippen LogP contribution < -0.4 is 9.47 Å². The Hall–Kier alpha value is -4.47. The molecule has 2 N–H and O–H groups in total. The van der Waals surface area contributed by atoms with E-state index < -0.39 is 16.9 Å². The second kappa shape index (κ2) is 7.10. The van der Waals surface area contributed by atoms with Crippen molar-refractivity contribution >= 4 is 39.0 Å². The number of aromatic hydroxyl groups is 1. The number of nitrogens with one attached hydrogen (secondary N) is 1. The smallest absolute Gasteiger partial charge is 0.308 e. The van der Waals surface area contributed by atoms with E-state index in [0.29, 0.717) is 17.0 Å². The summed E-state index contributed by atoms with van der Waals surface area (Å²) < 4.78 is 11.4. The summed E-state index contributed by atoms with van der Waals surface area (Å²) in [5.41, 5.74) is 0.167. The quantitative estimate of drug-likeness (QED) is 0.287. The maximum Gasteiger partial charge on any atom is 0.308 e. The maximum atomic E-state index is 12.5. The predicted octanol–water partition coefficient (Wildman–Crippen LogP) is 4.39. The number of H-pyrrole nitrogens is 1. The molecule has 1 aromatic heterocycles. The molecule has 0 saturated carbocycles. The molecule has 3 aromatic carbocycles. The third-order valence-corrected chi connectivity index (χ3v) is 4.94. The molecule has 0 saturated heterocycles. The maximum absolute atomic E-state index is 12.5. The SMILES string of the molecule is O=C(N=Nc1c(O)[nH]c2ccc([N+](=O)[O-])cc12)C1COc2cc3ccccc3cc2O1. The number of hydrogen-bond donors (Lipinski definition) is 2. The van der Waals surface area contributed by atoms with E-state index in [1.165, 1.54) is 18.2 Å². The molecule has 2 heterocycles. The van der Waals surface area contributed by atoms with Crippen LogP contribution >= 0.6 is 0 Å². The Morgan fingerprint density at radius 1 is 1.13 bits per heavy atom. The zero-order valence-corrected chi connectivity index (χ0v) is 15.8. The molecule has 1 atom stereocenters. The lowest BCUT2D eigenvalue weighted by atomic mass is 10.1. The summed E-state index contributed by atoms with van der Waals surface area (Å²) in [6.07, 6.45) is -1.01. The van der Waals surface area contributed by atoms with Gasteiger partial charge in [-0.05, 0) is 29.0 Å². The fraction of sp³-hybridized carbons (Fsp3) is 0.0952. The molecule has 1 aliphatic heterocycles. The van der Waals surface area contributed by atoms with Crippen molar-refractivity contribution in [3.05, 3.63) is 64.7 Å². The molecular weight excluding hydrogens is 404 g/mol. The molecule has 0 spiro atoms. The number of amides is 1. The molecule has 10 nitrogen and oxygen atoms in total. The van der Waals surface area contributed by atoms with Gasteiger partial charge in [-0.1, -0.05) is 24.3 Å². The van der Waals surface area contributed by atoms with E-state index in [4.69, 9.17) is 9.47 Å². The summed E-state index contributed by atoms with van der Waals surface area (Å²) in [4.78, 5) is 25.6. The van der Waals surface area contributed by atoms with Crippen LogP contribution in [0.3, 0.4) is 0 Å². The van der Waals surface area contributed by atoms with Gasteiger partial charge in [-0.3, -0.25) is 14.9 Å². The number of fused-ring (bicyclic) bond motifs is 3. The highest BCUT2D eigenvalue weighted by Crippen LogP contribution is 2.38. The van der Waals surface area contributed by atoms with Crippen LogP contribution in [0.5, 0.6) is 17.4 Å². The average molecular weight is 418 g/mol. The highest BCUT2D eigenvalue weighted by molar-refractivity contribution is 5.96. The van der Waals surface area contributed by atoms with Gasteiger partial charge in [0.05, 0.1) is 10.4 Å². The second-order valence-corrected chi connectivity index (χ2v) is 6.91. The zero-order valence-electron chi connectivity index (χ0n) is 15.8. The van der Waals surface area contributed by atoms with E-state index in [9.17, 15) is 20.0 Å². The van der Waals surface area contributed by atoms with Gasteiger partial charge in [0.25, 0.3) is 5.69 Å². The number of benzene rings is 3. The Kier molecular flexibility index (Phi) is 4.25. The Labute approximate surface area is 173 Å². The lowest BCUT2D eigenvalue weighted by Gasteiger charge is -2.24. The van der Waals surface area contributed by atoms with Gasteiger partial charge in [-0.25, -0.2) is 0 Å². The Balaban J connectivity index is 1.41. The number of ether oxygens (including phenoxy) is 2. The molecule has 31 heavy (non-hydrogen) atoms. The largest absolute Gasteiger partial charge is 0.493 e. The number of aromatic nitrogens is 1. The average Bonchev–Trinajstić information content (AvgIpc) is 3.09. The number of carbonyl (C=O) groups is 1.